The lowest BCUT2D eigenvalue weighted by Gasteiger charge is -2.31. The Hall–Kier alpha value is -3.05. The number of carbonyl (C=O) groups excluding carboxylic acids is 2. The molecule has 0 radical (unpaired) electrons. The Bertz CT molecular complexity index is 1090. The highest BCUT2D eigenvalue weighted by atomic mass is 35.5. The first-order valence-corrected chi connectivity index (χ1v) is 14.0. The van der Waals surface area contributed by atoms with Crippen molar-refractivity contribution in [2.75, 3.05) is 6.61 Å². The van der Waals surface area contributed by atoms with Crippen molar-refractivity contribution in [2.24, 2.45) is 11.8 Å². The molecule has 0 saturated heterocycles. The Balaban J connectivity index is 1.53. The van der Waals surface area contributed by atoms with E-state index in [0.717, 1.165) is 29.9 Å². The fourth-order valence-corrected chi connectivity index (χ4v) is 4.51. The van der Waals surface area contributed by atoms with Crippen LogP contribution in [0.3, 0.4) is 0 Å². The van der Waals surface area contributed by atoms with Gasteiger partial charge in [0.05, 0.1) is 6.61 Å². The highest BCUT2D eigenvalue weighted by molar-refractivity contribution is 6.26. The monoisotopic (exact) mass is 538 g/mol. The molecule has 5 nitrogen and oxygen atoms in total. The molecule has 0 spiro atoms. The second-order valence-electron chi connectivity index (χ2n) is 10.1. The topological polar surface area (TPSA) is 61.8 Å². The van der Waals surface area contributed by atoms with Crippen LogP contribution in [0.1, 0.15) is 65.7 Å². The number of rotatable bonds is 14. The summed E-state index contributed by atoms with van der Waals surface area (Å²) in [6.07, 6.45) is 14.1. The third-order valence-corrected chi connectivity index (χ3v) is 6.73. The summed E-state index contributed by atoms with van der Waals surface area (Å²) in [5.74, 6) is -0.667. The maximum absolute atomic E-state index is 13.0. The summed E-state index contributed by atoms with van der Waals surface area (Å²) in [4.78, 5) is 25.2. The van der Waals surface area contributed by atoms with Crippen LogP contribution in [0.5, 0.6) is 11.5 Å². The zero-order valence-corrected chi connectivity index (χ0v) is 23.4. The highest BCUT2D eigenvalue weighted by Gasteiger charge is 2.44. The SMILES string of the molecule is CCCCCCCCOc1ccc(-c2ccc(OC(=O)C3C=CC=CC3(Cl)OC(=O)CC(C)C)cc2)cc1. The van der Waals surface area contributed by atoms with E-state index >= 15 is 0 Å². The van der Waals surface area contributed by atoms with Crippen LogP contribution in [-0.2, 0) is 14.3 Å². The summed E-state index contributed by atoms with van der Waals surface area (Å²) in [6.45, 7) is 6.78. The Morgan fingerprint density at radius 3 is 2.11 bits per heavy atom. The van der Waals surface area contributed by atoms with E-state index in [9.17, 15) is 9.59 Å². The molecule has 0 N–H and O–H groups in total. The second kappa shape index (κ2) is 14.8. The van der Waals surface area contributed by atoms with Gasteiger partial charge in [0, 0.05) is 6.42 Å². The first-order chi connectivity index (χ1) is 18.3. The van der Waals surface area contributed by atoms with Crippen LogP contribution < -0.4 is 9.47 Å². The van der Waals surface area contributed by atoms with Crippen LogP contribution in [0, 0.1) is 11.8 Å². The third kappa shape index (κ3) is 9.05. The minimum absolute atomic E-state index is 0.114. The quantitative estimate of drug-likeness (QED) is 0.105. The average molecular weight is 539 g/mol. The molecule has 2 unspecified atom stereocenters. The first kappa shape index (κ1) is 29.5. The van der Waals surface area contributed by atoms with Crippen LogP contribution in [0.25, 0.3) is 11.1 Å². The number of hydrogen-bond donors (Lipinski definition) is 0. The van der Waals surface area contributed by atoms with Gasteiger partial charge in [-0.1, -0.05) is 107 Å². The summed E-state index contributed by atoms with van der Waals surface area (Å²) in [5, 5.41) is -1.61. The maximum atomic E-state index is 13.0. The maximum Gasteiger partial charge on any atom is 0.324 e. The lowest BCUT2D eigenvalue weighted by Crippen LogP contribution is -2.42. The molecule has 0 saturated carbocycles. The normalized spacial score (nSPS) is 18.4. The molecule has 3 rings (SSSR count). The number of allylic oxidation sites excluding steroid dienone is 2. The van der Waals surface area contributed by atoms with E-state index in [1.807, 2.05) is 50.2 Å². The molecule has 2 aromatic carbocycles. The Morgan fingerprint density at radius 2 is 1.47 bits per heavy atom. The van der Waals surface area contributed by atoms with Gasteiger partial charge < -0.3 is 14.2 Å². The van der Waals surface area contributed by atoms with Crippen molar-refractivity contribution in [3.8, 4) is 22.6 Å². The van der Waals surface area contributed by atoms with Crippen molar-refractivity contribution in [3.05, 3.63) is 72.8 Å². The number of ether oxygens (including phenoxy) is 3. The molecule has 6 heteroatoms. The predicted octanol–water partition coefficient (Wildman–Crippen LogP) is 8.26. The number of esters is 2. The number of halogens is 1. The van der Waals surface area contributed by atoms with Crippen LogP contribution in [-0.4, -0.2) is 23.6 Å². The van der Waals surface area contributed by atoms with Crippen molar-refractivity contribution >= 4 is 23.5 Å². The lowest BCUT2D eigenvalue weighted by molar-refractivity contribution is -0.156. The Labute approximate surface area is 231 Å². The molecule has 0 aliphatic heterocycles. The third-order valence-electron chi connectivity index (χ3n) is 6.29. The van der Waals surface area contributed by atoms with E-state index in [1.54, 1.807) is 30.4 Å². The summed E-state index contributed by atoms with van der Waals surface area (Å²) in [6, 6.07) is 15.2. The van der Waals surface area contributed by atoms with E-state index in [2.05, 4.69) is 6.92 Å². The zero-order chi connectivity index (χ0) is 27.4. The molecule has 0 bridgehead atoms. The standard InChI is InChI=1S/C32H39ClO5/c1-4-5-6-7-8-11-22-36-27-17-13-25(14-18-27)26-15-19-28(20-16-26)37-31(35)29-12-9-10-21-32(29,33)38-30(34)23-24(2)3/h9-10,12-21,24,29H,4-8,11,22-23H2,1-3H3. The largest absolute Gasteiger partial charge is 0.494 e. The Kier molecular flexibility index (Phi) is 11.5. The van der Waals surface area contributed by atoms with Crippen LogP contribution >= 0.6 is 11.6 Å². The van der Waals surface area contributed by atoms with Crippen molar-refractivity contribution in [2.45, 2.75) is 70.8 Å². The zero-order valence-electron chi connectivity index (χ0n) is 22.7. The van der Waals surface area contributed by atoms with E-state index in [1.165, 1.54) is 38.2 Å². The van der Waals surface area contributed by atoms with Crippen LogP contribution in [0.15, 0.2) is 72.8 Å². The van der Waals surface area contributed by atoms with Gasteiger partial charge in [-0.25, -0.2) is 0 Å². The molecule has 1 aliphatic rings. The van der Waals surface area contributed by atoms with Crippen LogP contribution in [0.2, 0.25) is 0 Å². The molecule has 0 aromatic heterocycles. The van der Waals surface area contributed by atoms with E-state index < -0.39 is 22.9 Å². The number of hydrogen-bond acceptors (Lipinski definition) is 5. The Morgan fingerprint density at radius 1 is 0.868 bits per heavy atom. The van der Waals surface area contributed by atoms with Gasteiger partial charge in [0.1, 0.15) is 17.4 Å². The molecular weight excluding hydrogens is 500 g/mol. The van der Waals surface area contributed by atoms with Crippen molar-refractivity contribution in [1.29, 1.82) is 0 Å². The van der Waals surface area contributed by atoms with Crippen molar-refractivity contribution in [3.63, 3.8) is 0 Å². The summed E-state index contributed by atoms with van der Waals surface area (Å²) < 4.78 is 16.9. The highest BCUT2D eigenvalue weighted by Crippen LogP contribution is 2.35. The average Bonchev–Trinajstić information content (AvgIpc) is 2.88. The van der Waals surface area contributed by atoms with Gasteiger partial charge in [0.25, 0.3) is 0 Å². The predicted molar refractivity (Wildman–Crippen MR) is 152 cm³/mol. The lowest BCUT2D eigenvalue weighted by atomic mass is 9.96. The molecule has 204 valence electrons. The number of unbranched alkanes of at least 4 members (excludes halogenated alkanes) is 5. The van der Waals surface area contributed by atoms with E-state index in [-0.39, 0.29) is 12.3 Å². The summed E-state index contributed by atoms with van der Waals surface area (Å²) in [7, 11) is 0. The van der Waals surface area contributed by atoms with Gasteiger partial charge in [0.15, 0.2) is 0 Å². The number of alkyl halides is 1. The molecular formula is C32H39ClO5. The second-order valence-corrected chi connectivity index (χ2v) is 10.7. The van der Waals surface area contributed by atoms with Crippen LogP contribution in [0.4, 0.5) is 0 Å². The smallest absolute Gasteiger partial charge is 0.324 e. The van der Waals surface area contributed by atoms with Crippen molar-refractivity contribution in [1.82, 2.24) is 0 Å². The molecule has 0 heterocycles. The fourth-order valence-electron chi connectivity index (χ4n) is 4.19. The van der Waals surface area contributed by atoms with E-state index in [4.69, 9.17) is 25.8 Å². The van der Waals surface area contributed by atoms with Gasteiger partial charge in [-0.05, 0) is 53.8 Å². The summed E-state index contributed by atoms with van der Waals surface area (Å²) in [5.41, 5.74) is 2.02. The molecule has 2 aromatic rings. The number of benzene rings is 2. The van der Waals surface area contributed by atoms with E-state index in [0.29, 0.717) is 5.75 Å². The van der Waals surface area contributed by atoms with Crippen molar-refractivity contribution < 1.29 is 23.8 Å². The number of carbonyl (C=O) groups is 2. The summed E-state index contributed by atoms with van der Waals surface area (Å²) >= 11 is 6.57. The minimum atomic E-state index is -1.61. The molecule has 0 amide bonds. The van der Waals surface area contributed by atoms with Gasteiger partial charge >= 0.3 is 11.9 Å². The molecule has 1 aliphatic carbocycles. The first-order valence-electron chi connectivity index (χ1n) is 13.6. The molecule has 0 fully saturated rings. The van der Waals surface area contributed by atoms with Gasteiger partial charge in [-0.2, -0.15) is 0 Å². The molecule has 38 heavy (non-hydrogen) atoms. The van der Waals surface area contributed by atoms with Gasteiger partial charge in [0.2, 0.25) is 5.06 Å². The van der Waals surface area contributed by atoms with Gasteiger partial charge in [-0.15, -0.1) is 0 Å². The van der Waals surface area contributed by atoms with Gasteiger partial charge in [-0.3, -0.25) is 9.59 Å². The molecule has 2 atom stereocenters. The fraction of sp³-hybridized carbons (Fsp3) is 0.438. The minimum Gasteiger partial charge on any atom is -0.494 e.